The molecule has 7 nitrogen and oxygen atoms in total. The Morgan fingerprint density at radius 2 is 1.52 bits per heavy atom. The summed E-state index contributed by atoms with van der Waals surface area (Å²) < 4.78 is 26.7. The van der Waals surface area contributed by atoms with Gasteiger partial charge in [0.25, 0.3) is 0 Å². The maximum atomic E-state index is 14.0. The van der Waals surface area contributed by atoms with E-state index in [2.05, 4.69) is 5.32 Å². The molecule has 0 radical (unpaired) electrons. The number of rotatable bonds is 13. The normalized spacial score (nSPS) is 14.4. The van der Waals surface area contributed by atoms with Crippen LogP contribution in [0.2, 0.25) is 0 Å². The van der Waals surface area contributed by atoms with Crippen molar-refractivity contribution >= 4 is 27.5 Å². The SMILES string of the molecule is Cc1cccc(CN(C(=O)CCCN(c2cccc(C)c2)S(C)(=O)=O)[C@@H](Cc2ccccc2)C(=O)NC2CCCC2)c1. The van der Waals surface area contributed by atoms with Crippen LogP contribution in [0.15, 0.2) is 78.9 Å². The molecule has 0 spiro atoms. The van der Waals surface area contributed by atoms with Gasteiger partial charge in [0.2, 0.25) is 21.8 Å². The molecule has 1 fully saturated rings. The summed E-state index contributed by atoms with van der Waals surface area (Å²) in [7, 11) is -3.55. The second-order valence-corrected chi connectivity index (χ2v) is 13.4. The molecule has 0 aliphatic heterocycles. The van der Waals surface area contributed by atoms with Crippen molar-refractivity contribution in [3.05, 3.63) is 101 Å². The molecule has 0 unspecified atom stereocenters. The molecule has 1 atom stereocenters. The lowest BCUT2D eigenvalue weighted by atomic mass is 10.0. The van der Waals surface area contributed by atoms with Crippen molar-refractivity contribution in [2.75, 3.05) is 17.1 Å². The maximum absolute atomic E-state index is 14.0. The van der Waals surface area contributed by atoms with E-state index in [0.29, 0.717) is 25.1 Å². The zero-order chi connectivity index (χ0) is 30.1. The number of anilines is 1. The minimum Gasteiger partial charge on any atom is -0.352 e. The molecule has 0 aromatic heterocycles. The van der Waals surface area contributed by atoms with E-state index < -0.39 is 16.1 Å². The van der Waals surface area contributed by atoms with Gasteiger partial charge in [-0.2, -0.15) is 0 Å². The second kappa shape index (κ2) is 14.5. The average molecular weight is 590 g/mol. The molecule has 4 rings (SSSR count). The summed E-state index contributed by atoms with van der Waals surface area (Å²) in [5.41, 5.74) is 4.55. The molecule has 8 heteroatoms. The fraction of sp³-hybridized carbons (Fsp3) is 0.412. The number of nitrogens with one attached hydrogen (secondary N) is 1. The van der Waals surface area contributed by atoms with Crippen LogP contribution in [-0.2, 0) is 32.6 Å². The Bertz CT molecular complexity index is 1450. The number of aryl methyl sites for hydroxylation is 2. The number of carbonyl (C=O) groups excluding carboxylic acids is 2. The van der Waals surface area contributed by atoms with E-state index in [1.165, 1.54) is 10.6 Å². The van der Waals surface area contributed by atoms with E-state index in [0.717, 1.165) is 47.9 Å². The van der Waals surface area contributed by atoms with Crippen molar-refractivity contribution in [3.8, 4) is 0 Å². The minimum atomic E-state index is -3.55. The van der Waals surface area contributed by atoms with E-state index >= 15 is 0 Å². The molecule has 3 aromatic carbocycles. The zero-order valence-corrected chi connectivity index (χ0v) is 25.8. The standard InChI is InChI=1S/C34H43N3O4S/c1-26-12-9-16-29(22-26)25-36(32(24-28-14-5-4-6-15-28)34(39)35-30-17-7-8-18-30)33(38)20-11-21-37(42(3,40)41)31-19-10-13-27(2)23-31/h4-6,9-10,12-16,19,22-23,30,32H,7-8,11,17-18,20-21,24-25H2,1-3H3,(H,35,39)/t32-/m0/s1. The first-order valence-corrected chi connectivity index (χ1v) is 16.7. The van der Waals surface area contributed by atoms with Crippen molar-refractivity contribution < 1.29 is 18.0 Å². The summed E-state index contributed by atoms with van der Waals surface area (Å²) in [5, 5.41) is 3.23. The fourth-order valence-electron chi connectivity index (χ4n) is 5.72. The molecule has 0 heterocycles. The number of hydrogen-bond acceptors (Lipinski definition) is 4. The largest absolute Gasteiger partial charge is 0.352 e. The van der Waals surface area contributed by atoms with E-state index in [4.69, 9.17) is 0 Å². The van der Waals surface area contributed by atoms with Crippen molar-refractivity contribution in [1.29, 1.82) is 0 Å². The monoisotopic (exact) mass is 589 g/mol. The zero-order valence-electron chi connectivity index (χ0n) is 25.0. The van der Waals surface area contributed by atoms with Gasteiger partial charge in [-0.25, -0.2) is 8.42 Å². The second-order valence-electron chi connectivity index (χ2n) is 11.5. The van der Waals surface area contributed by atoms with Gasteiger partial charge in [0, 0.05) is 32.0 Å². The summed E-state index contributed by atoms with van der Waals surface area (Å²) >= 11 is 0. The lowest BCUT2D eigenvalue weighted by molar-refractivity contribution is -0.141. The van der Waals surface area contributed by atoms with Crippen LogP contribution in [0.5, 0.6) is 0 Å². The number of nitrogens with zero attached hydrogens (tertiary/aromatic N) is 2. The van der Waals surface area contributed by atoms with Gasteiger partial charge in [-0.1, -0.05) is 85.1 Å². The van der Waals surface area contributed by atoms with Crippen molar-refractivity contribution in [1.82, 2.24) is 10.2 Å². The van der Waals surface area contributed by atoms with Gasteiger partial charge in [-0.15, -0.1) is 0 Å². The molecule has 1 saturated carbocycles. The van der Waals surface area contributed by atoms with Gasteiger partial charge < -0.3 is 10.2 Å². The summed E-state index contributed by atoms with van der Waals surface area (Å²) in [5.74, 6) is -0.305. The summed E-state index contributed by atoms with van der Waals surface area (Å²) in [6.45, 7) is 4.39. The number of sulfonamides is 1. The molecular weight excluding hydrogens is 546 g/mol. The minimum absolute atomic E-state index is 0.117. The smallest absolute Gasteiger partial charge is 0.243 e. The first-order chi connectivity index (χ1) is 20.1. The summed E-state index contributed by atoms with van der Waals surface area (Å²) in [6, 6.07) is 24.6. The Labute approximate surface area is 251 Å². The van der Waals surface area contributed by atoms with Crippen LogP contribution in [0, 0.1) is 13.8 Å². The van der Waals surface area contributed by atoms with E-state index in [1.807, 2.05) is 86.6 Å². The third kappa shape index (κ3) is 8.92. The molecule has 42 heavy (non-hydrogen) atoms. The lowest BCUT2D eigenvalue weighted by Crippen LogP contribution is -2.52. The topological polar surface area (TPSA) is 86.8 Å². The van der Waals surface area contributed by atoms with Gasteiger partial charge in [0.05, 0.1) is 11.9 Å². The highest BCUT2D eigenvalue weighted by molar-refractivity contribution is 7.92. The van der Waals surface area contributed by atoms with Gasteiger partial charge in [-0.05, 0) is 61.9 Å². The third-order valence-electron chi connectivity index (χ3n) is 7.85. The Kier molecular flexibility index (Phi) is 10.8. The molecule has 0 saturated heterocycles. The van der Waals surface area contributed by atoms with Gasteiger partial charge in [0.1, 0.15) is 6.04 Å². The molecule has 1 aliphatic carbocycles. The highest BCUT2D eigenvalue weighted by Crippen LogP contribution is 2.23. The predicted molar refractivity (Wildman–Crippen MR) is 169 cm³/mol. The van der Waals surface area contributed by atoms with E-state index in [9.17, 15) is 18.0 Å². The maximum Gasteiger partial charge on any atom is 0.243 e. The number of amides is 2. The van der Waals surface area contributed by atoms with Crippen LogP contribution in [0.25, 0.3) is 0 Å². The molecule has 0 bridgehead atoms. The quantitative estimate of drug-likeness (QED) is 0.283. The van der Waals surface area contributed by atoms with Gasteiger partial charge in [-0.3, -0.25) is 13.9 Å². The van der Waals surface area contributed by atoms with Crippen LogP contribution in [0.1, 0.15) is 60.8 Å². The van der Waals surface area contributed by atoms with Crippen LogP contribution in [-0.4, -0.2) is 50.0 Å². The van der Waals surface area contributed by atoms with Gasteiger partial charge >= 0.3 is 0 Å². The number of benzene rings is 3. The summed E-state index contributed by atoms with van der Waals surface area (Å²) in [6.07, 6.45) is 6.13. The Balaban J connectivity index is 1.59. The average Bonchev–Trinajstić information content (AvgIpc) is 3.46. The molecule has 2 amide bonds. The molecular formula is C34H43N3O4S. The summed E-state index contributed by atoms with van der Waals surface area (Å²) in [4.78, 5) is 29.5. The first kappa shape index (κ1) is 31.3. The molecule has 1 N–H and O–H groups in total. The van der Waals surface area contributed by atoms with Crippen LogP contribution >= 0.6 is 0 Å². The molecule has 1 aliphatic rings. The predicted octanol–water partition coefficient (Wildman–Crippen LogP) is 5.55. The highest BCUT2D eigenvalue weighted by Gasteiger charge is 2.32. The van der Waals surface area contributed by atoms with Crippen molar-refractivity contribution in [2.45, 2.75) is 77.4 Å². The van der Waals surface area contributed by atoms with Crippen LogP contribution in [0.3, 0.4) is 0 Å². The Morgan fingerprint density at radius 3 is 2.17 bits per heavy atom. The lowest BCUT2D eigenvalue weighted by Gasteiger charge is -2.33. The Hall–Kier alpha value is -3.65. The first-order valence-electron chi connectivity index (χ1n) is 14.8. The fourth-order valence-corrected chi connectivity index (χ4v) is 6.67. The molecule has 3 aromatic rings. The van der Waals surface area contributed by atoms with Crippen LogP contribution < -0.4 is 9.62 Å². The Morgan fingerprint density at radius 1 is 0.881 bits per heavy atom. The highest BCUT2D eigenvalue weighted by atomic mass is 32.2. The number of hydrogen-bond donors (Lipinski definition) is 1. The van der Waals surface area contributed by atoms with Crippen LogP contribution in [0.4, 0.5) is 5.69 Å². The molecule has 224 valence electrons. The van der Waals surface area contributed by atoms with Crippen molar-refractivity contribution in [2.24, 2.45) is 0 Å². The van der Waals surface area contributed by atoms with E-state index in [-0.39, 0.29) is 30.8 Å². The third-order valence-corrected chi connectivity index (χ3v) is 9.04. The number of carbonyl (C=O) groups is 2. The van der Waals surface area contributed by atoms with E-state index in [1.54, 1.807) is 11.0 Å². The van der Waals surface area contributed by atoms with Gasteiger partial charge in [0.15, 0.2) is 0 Å². The van der Waals surface area contributed by atoms with Crippen molar-refractivity contribution in [3.63, 3.8) is 0 Å².